The summed E-state index contributed by atoms with van der Waals surface area (Å²) in [5, 5.41) is 21.1. The molecular weight excluding hydrogens is 240 g/mol. The van der Waals surface area contributed by atoms with Crippen molar-refractivity contribution in [3.05, 3.63) is 20.8 Å². The Bertz CT molecular complexity index is 532. The Morgan fingerprint density at radius 2 is 2.11 bits per heavy atom. The molecule has 0 fully saturated rings. The summed E-state index contributed by atoms with van der Waals surface area (Å²) in [6.45, 7) is 2.89. The lowest BCUT2D eigenvalue weighted by molar-refractivity contribution is 0.0132. The summed E-state index contributed by atoms with van der Waals surface area (Å²) in [6.07, 6.45) is 0. The van der Waals surface area contributed by atoms with Crippen molar-refractivity contribution in [2.75, 3.05) is 24.2 Å². The molecule has 1 heterocycles. The van der Waals surface area contributed by atoms with E-state index in [1.807, 2.05) is 0 Å². The molecule has 0 saturated carbocycles. The van der Waals surface area contributed by atoms with Crippen LogP contribution in [-0.2, 0) is 6.54 Å². The van der Waals surface area contributed by atoms with E-state index in [-0.39, 0.29) is 18.1 Å². The first kappa shape index (κ1) is 14.3. The van der Waals surface area contributed by atoms with Crippen LogP contribution in [0.4, 0.5) is 11.5 Å². The fourth-order valence-electron chi connectivity index (χ4n) is 1.41. The van der Waals surface area contributed by atoms with Crippen molar-refractivity contribution < 1.29 is 10.2 Å². The van der Waals surface area contributed by atoms with Crippen molar-refractivity contribution in [1.29, 1.82) is 0 Å². The van der Waals surface area contributed by atoms with Crippen molar-refractivity contribution >= 4 is 11.5 Å². The van der Waals surface area contributed by atoms with Gasteiger partial charge in [-0.25, -0.2) is 4.79 Å². The number of aliphatic hydroxyl groups excluding tert-OH is 1. The Morgan fingerprint density at radius 3 is 2.61 bits per heavy atom. The molecule has 1 rings (SSSR count). The van der Waals surface area contributed by atoms with Crippen molar-refractivity contribution in [2.24, 2.45) is 0 Å². The Balaban J connectivity index is 3.11. The normalized spacial score (nSPS) is 14.2. The summed E-state index contributed by atoms with van der Waals surface area (Å²) < 4.78 is 1.19. The Hall–Kier alpha value is -1.80. The van der Waals surface area contributed by atoms with Gasteiger partial charge in [0.25, 0.3) is 5.56 Å². The van der Waals surface area contributed by atoms with E-state index >= 15 is 0 Å². The van der Waals surface area contributed by atoms with Crippen molar-refractivity contribution in [3.8, 4) is 0 Å². The molecule has 1 atom stereocenters. The molecule has 0 amide bonds. The summed E-state index contributed by atoms with van der Waals surface area (Å²) in [5.74, 6) is -0.00000945. The summed E-state index contributed by atoms with van der Waals surface area (Å²) >= 11 is 0. The number of aliphatic hydroxyl groups is 2. The van der Waals surface area contributed by atoms with Gasteiger partial charge >= 0.3 is 5.69 Å². The highest BCUT2D eigenvalue weighted by molar-refractivity contribution is 5.60. The van der Waals surface area contributed by atoms with Crippen LogP contribution in [0.15, 0.2) is 9.59 Å². The minimum Gasteiger partial charge on any atom is -0.393 e. The maximum Gasteiger partial charge on any atom is 0.330 e. The quantitative estimate of drug-likeness (QED) is 0.427. The van der Waals surface area contributed by atoms with Crippen LogP contribution >= 0.6 is 0 Å². The Labute approximate surface area is 103 Å². The number of aromatic amines is 1. The van der Waals surface area contributed by atoms with Gasteiger partial charge < -0.3 is 21.3 Å². The van der Waals surface area contributed by atoms with E-state index in [1.54, 1.807) is 6.92 Å². The van der Waals surface area contributed by atoms with Crippen LogP contribution in [0.1, 0.15) is 13.8 Å². The lowest BCUT2D eigenvalue weighted by Gasteiger charge is -2.22. The zero-order valence-corrected chi connectivity index (χ0v) is 10.4. The van der Waals surface area contributed by atoms with E-state index in [4.69, 9.17) is 10.8 Å². The molecule has 0 aliphatic rings. The minimum atomic E-state index is -1.38. The minimum absolute atomic E-state index is 0.00000945. The Morgan fingerprint density at radius 1 is 1.50 bits per heavy atom. The van der Waals surface area contributed by atoms with Gasteiger partial charge in [-0.15, -0.1) is 0 Å². The summed E-state index contributed by atoms with van der Waals surface area (Å²) in [4.78, 5) is 25.1. The third-order valence-electron chi connectivity index (χ3n) is 2.54. The third kappa shape index (κ3) is 2.90. The van der Waals surface area contributed by atoms with Gasteiger partial charge in [-0.3, -0.25) is 14.3 Å². The standard InChI is InChI=1S/C10H18N4O4/c1-3-14-7(11)6(8(16)13-9(14)17)12-4-10(2,18)5-15/h12,15,18H,3-5,11H2,1-2H3,(H,13,16,17). The number of nitrogens with zero attached hydrogens (tertiary/aromatic N) is 1. The fourth-order valence-corrected chi connectivity index (χ4v) is 1.41. The molecular formula is C10H18N4O4. The number of nitrogens with one attached hydrogen (secondary N) is 2. The second kappa shape index (κ2) is 5.23. The molecule has 0 bridgehead atoms. The molecule has 6 N–H and O–H groups in total. The van der Waals surface area contributed by atoms with Crippen LogP contribution in [0.25, 0.3) is 0 Å². The second-order valence-corrected chi connectivity index (χ2v) is 4.27. The summed E-state index contributed by atoms with van der Waals surface area (Å²) in [6, 6.07) is 0. The van der Waals surface area contributed by atoms with Crippen molar-refractivity contribution in [1.82, 2.24) is 9.55 Å². The molecule has 8 heteroatoms. The topological polar surface area (TPSA) is 133 Å². The van der Waals surface area contributed by atoms with Crippen LogP contribution in [0.2, 0.25) is 0 Å². The highest BCUT2D eigenvalue weighted by atomic mass is 16.3. The average molecular weight is 258 g/mol. The first-order chi connectivity index (χ1) is 8.32. The van der Waals surface area contributed by atoms with Crippen LogP contribution < -0.4 is 22.3 Å². The van der Waals surface area contributed by atoms with E-state index in [2.05, 4.69) is 10.3 Å². The largest absolute Gasteiger partial charge is 0.393 e. The number of rotatable bonds is 5. The zero-order valence-electron chi connectivity index (χ0n) is 10.4. The number of nitrogens with two attached hydrogens (primary N) is 1. The molecule has 1 aromatic heterocycles. The van der Waals surface area contributed by atoms with Gasteiger partial charge in [-0.1, -0.05) is 0 Å². The lowest BCUT2D eigenvalue weighted by atomic mass is 10.1. The van der Waals surface area contributed by atoms with Gasteiger partial charge in [0, 0.05) is 13.1 Å². The lowest BCUT2D eigenvalue weighted by Crippen LogP contribution is -2.40. The molecule has 0 saturated heterocycles. The number of anilines is 2. The van der Waals surface area contributed by atoms with Gasteiger partial charge in [-0.05, 0) is 13.8 Å². The average Bonchev–Trinajstić information content (AvgIpc) is 2.28. The molecule has 1 unspecified atom stereocenters. The first-order valence-corrected chi connectivity index (χ1v) is 5.52. The molecule has 0 radical (unpaired) electrons. The first-order valence-electron chi connectivity index (χ1n) is 5.52. The van der Waals surface area contributed by atoms with Crippen molar-refractivity contribution in [3.63, 3.8) is 0 Å². The van der Waals surface area contributed by atoms with Gasteiger partial charge in [-0.2, -0.15) is 0 Å². The molecule has 0 aromatic carbocycles. The van der Waals surface area contributed by atoms with E-state index in [0.29, 0.717) is 6.54 Å². The molecule has 1 aromatic rings. The number of hydrogen-bond acceptors (Lipinski definition) is 6. The predicted octanol–water partition coefficient (Wildman–Crippen LogP) is -1.71. The van der Waals surface area contributed by atoms with Gasteiger partial charge in [0.1, 0.15) is 17.1 Å². The molecule has 0 aliphatic heterocycles. The molecule has 0 aliphatic carbocycles. The van der Waals surface area contributed by atoms with Crippen LogP contribution in [0.3, 0.4) is 0 Å². The maximum atomic E-state index is 11.6. The maximum absolute atomic E-state index is 11.6. The fraction of sp³-hybridized carbons (Fsp3) is 0.600. The zero-order chi connectivity index (χ0) is 13.9. The van der Waals surface area contributed by atoms with Gasteiger partial charge in [0.2, 0.25) is 0 Å². The van der Waals surface area contributed by atoms with Gasteiger partial charge in [0.05, 0.1) is 6.61 Å². The Kier molecular flexibility index (Phi) is 4.15. The van der Waals surface area contributed by atoms with E-state index in [9.17, 15) is 14.7 Å². The number of nitrogen functional groups attached to an aromatic ring is 1. The predicted molar refractivity (Wildman–Crippen MR) is 67.6 cm³/mol. The number of hydrogen-bond donors (Lipinski definition) is 5. The summed E-state index contributed by atoms with van der Waals surface area (Å²) in [7, 11) is 0. The van der Waals surface area contributed by atoms with E-state index in [0.717, 1.165) is 0 Å². The van der Waals surface area contributed by atoms with Gasteiger partial charge in [0.15, 0.2) is 0 Å². The highest BCUT2D eigenvalue weighted by Crippen LogP contribution is 2.11. The third-order valence-corrected chi connectivity index (χ3v) is 2.54. The smallest absolute Gasteiger partial charge is 0.330 e. The SMILES string of the molecule is CCn1c(N)c(NCC(C)(O)CO)c(=O)[nH]c1=O. The monoisotopic (exact) mass is 258 g/mol. The van der Waals surface area contributed by atoms with Crippen molar-refractivity contribution in [2.45, 2.75) is 26.0 Å². The highest BCUT2D eigenvalue weighted by Gasteiger charge is 2.20. The van der Waals surface area contributed by atoms with Crippen LogP contribution in [0, 0.1) is 0 Å². The van der Waals surface area contributed by atoms with E-state index in [1.165, 1.54) is 11.5 Å². The van der Waals surface area contributed by atoms with E-state index < -0.39 is 23.5 Å². The number of aromatic nitrogens is 2. The number of H-pyrrole nitrogens is 1. The molecule has 102 valence electrons. The molecule has 18 heavy (non-hydrogen) atoms. The summed E-state index contributed by atoms with van der Waals surface area (Å²) in [5.41, 5.74) is 3.08. The molecule has 0 spiro atoms. The van der Waals surface area contributed by atoms with Crippen LogP contribution in [-0.4, -0.2) is 38.5 Å². The molecule has 8 nitrogen and oxygen atoms in total. The van der Waals surface area contributed by atoms with Crippen LogP contribution in [0.5, 0.6) is 0 Å². The second-order valence-electron chi connectivity index (χ2n) is 4.27.